The van der Waals surface area contributed by atoms with E-state index >= 15 is 0 Å². The van der Waals surface area contributed by atoms with Gasteiger partial charge in [0, 0.05) is 22.1 Å². The fourth-order valence-corrected chi connectivity index (χ4v) is 7.41. The molecule has 0 saturated carbocycles. The Balaban J connectivity index is 1.22. The summed E-state index contributed by atoms with van der Waals surface area (Å²) >= 11 is 0. The highest BCUT2D eigenvalue weighted by atomic mass is 16.3. The zero-order valence-corrected chi connectivity index (χ0v) is 27.1. The minimum absolute atomic E-state index is 0.763. The molecule has 0 amide bonds. The summed E-state index contributed by atoms with van der Waals surface area (Å²) in [6, 6.07) is 64.6. The van der Waals surface area contributed by atoms with E-state index in [2.05, 4.69) is 169 Å². The first kappa shape index (κ1) is 28.3. The van der Waals surface area contributed by atoms with Crippen LogP contribution in [0.25, 0.3) is 76.8 Å². The summed E-state index contributed by atoms with van der Waals surface area (Å²) in [5.74, 6) is 0. The van der Waals surface area contributed by atoms with E-state index in [9.17, 15) is 0 Å². The fourth-order valence-electron chi connectivity index (χ4n) is 7.41. The van der Waals surface area contributed by atoms with Gasteiger partial charge in [0.15, 0.2) is 5.58 Å². The van der Waals surface area contributed by atoms with Gasteiger partial charge >= 0.3 is 0 Å². The van der Waals surface area contributed by atoms with Crippen LogP contribution in [0.1, 0.15) is 0 Å². The smallest absolute Gasteiger partial charge is 0.178 e. The van der Waals surface area contributed by atoms with Gasteiger partial charge < -0.3 is 9.32 Å². The number of rotatable bonds is 5. The fraction of sp³-hybridized carbons (Fsp3) is 0. The second-order valence-corrected chi connectivity index (χ2v) is 12.8. The number of para-hydroxylation sites is 2. The zero-order valence-electron chi connectivity index (χ0n) is 27.1. The topological polar surface area (TPSA) is 29.3 Å². The Morgan fingerprint density at radius 2 is 1.10 bits per heavy atom. The van der Waals surface area contributed by atoms with Crippen LogP contribution in [0.3, 0.4) is 0 Å². The zero-order chi connectivity index (χ0) is 33.0. The molecule has 2 aromatic heterocycles. The van der Waals surface area contributed by atoms with Crippen LogP contribution in [0.2, 0.25) is 0 Å². The van der Waals surface area contributed by atoms with Gasteiger partial charge in [0.1, 0.15) is 16.8 Å². The van der Waals surface area contributed by atoms with Crippen molar-refractivity contribution in [2.24, 2.45) is 0 Å². The average Bonchev–Trinajstić information content (AvgIpc) is 3.56. The maximum Gasteiger partial charge on any atom is 0.178 e. The summed E-state index contributed by atoms with van der Waals surface area (Å²) in [5, 5.41) is 6.95. The van der Waals surface area contributed by atoms with Gasteiger partial charge in [0.25, 0.3) is 0 Å². The molecule has 0 bridgehead atoms. The molecule has 50 heavy (non-hydrogen) atoms. The van der Waals surface area contributed by atoms with Crippen molar-refractivity contribution in [3.8, 4) is 22.3 Å². The second-order valence-electron chi connectivity index (χ2n) is 12.8. The molecule has 0 aliphatic rings. The van der Waals surface area contributed by atoms with Crippen molar-refractivity contribution in [3.63, 3.8) is 0 Å². The largest absolute Gasteiger partial charge is 0.452 e. The van der Waals surface area contributed by atoms with E-state index in [1.54, 1.807) is 0 Å². The molecule has 10 rings (SSSR count). The second kappa shape index (κ2) is 11.5. The van der Waals surface area contributed by atoms with Crippen molar-refractivity contribution in [1.82, 2.24) is 4.98 Å². The van der Waals surface area contributed by atoms with Crippen LogP contribution < -0.4 is 4.90 Å². The highest BCUT2D eigenvalue weighted by Gasteiger charge is 2.24. The Hall–Kier alpha value is -6.71. The molecule has 2 heterocycles. The lowest BCUT2D eigenvalue weighted by molar-refractivity contribution is 0.669. The van der Waals surface area contributed by atoms with Crippen molar-refractivity contribution < 1.29 is 4.42 Å². The lowest BCUT2D eigenvalue weighted by atomic mass is 9.97. The third-order valence-electron chi connectivity index (χ3n) is 9.81. The van der Waals surface area contributed by atoms with E-state index in [1.807, 2.05) is 18.2 Å². The van der Waals surface area contributed by atoms with Crippen LogP contribution >= 0.6 is 0 Å². The van der Waals surface area contributed by atoms with Gasteiger partial charge in [-0.15, -0.1) is 0 Å². The average molecular weight is 639 g/mol. The summed E-state index contributed by atoms with van der Waals surface area (Å²) in [5.41, 5.74) is 11.1. The Morgan fingerprint density at radius 1 is 0.420 bits per heavy atom. The minimum Gasteiger partial charge on any atom is -0.452 e. The molecule has 0 aliphatic heterocycles. The van der Waals surface area contributed by atoms with Crippen LogP contribution in [-0.4, -0.2) is 4.98 Å². The van der Waals surface area contributed by atoms with E-state index in [-0.39, 0.29) is 0 Å². The van der Waals surface area contributed by atoms with Gasteiger partial charge in [-0.1, -0.05) is 133 Å². The molecule has 0 saturated heterocycles. The normalized spacial score (nSPS) is 11.6. The quantitative estimate of drug-likeness (QED) is 0.188. The van der Waals surface area contributed by atoms with Crippen molar-refractivity contribution in [2.75, 3.05) is 4.90 Å². The molecule has 0 atom stereocenters. The van der Waals surface area contributed by atoms with Crippen LogP contribution in [0.5, 0.6) is 0 Å². The molecule has 8 aromatic carbocycles. The molecular weight excluding hydrogens is 609 g/mol. The standard InChI is InChI=1S/C47H30N2O/c1-2-13-34-29-35(24-23-31(34)11-1)32-25-27-37(28-26-32)49(38-16-9-15-36(30-38)40-20-10-14-33-12-3-4-17-39(33)40)46-41-18-5-7-21-43(41)48-45-42-19-6-8-22-44(42)50-47(45)46/h1-30H. The molecule has 10 aromatic rings. The number of nitrogens with zero attached hydrogens (tertiary/aromatic N) is 2. The van der Waals surface area contributed by atoms with E-state index < -0.39 is 0 Å². The molecule has 0 spiro atoms. The summed E-state index contributed by atoms with van der Waals surface area (Å²) in [7, 11) is 0. The first-order chi connectivity index (χ1) is 24.8. The summed E-state index contributed by atoms with van der Waals surface area (Å²) in [6.45, 7) is 0. The van der Waals surface area contributed by atoms with E-state index in [1.165, 1.54) is 32.7 Å². The number of anilines is 3. The predicted molar refractivity (Wildman–Crippen MR) is 210 cm³/mol. The first-order valence-electron chi connectivity index (χ1n) is 17.0. The third-order valence-corrected chi connectivity index (χ3v) is 9.81. The molecular formula is C47H30N2O. The van der Waals surface area contributed by atoms with Crippen LogP contribution in [-0.2, 0) is 0 Å². The number of hydrogen-bond donors (Lipinski definition) is 0. The Kier molecular flexibility index (Phi) is 6.49. The highest BCUT2D eigenvalue weighted by molar-refractivity contribution is 6.16. The lowest BCUT2D eigenvalue weighted by Crippen LogP contribution is -2.11. The lowest BCUT2D eigenvalue weighted by Gasteiger charge is -2.27. The summed E-state index contributed by atoms with van der Waals surface area (Å²) in [6.07, 6.45) is 0. The van der Waals surface area contributed by atoms with Crippen LogP contribution in [0.4, 0.5) is 17.1 Å². The van der Waals surface area contributed by atoms with Gasteiger partial charge in [-0.25, -0.2) is 4.98 Å². The molecule has 0 aliphatic carbocycles. The van der Waals surface area contributed by atoms with Gasteiger partial charge in [-0.05, 0) is 92.3 Å². The number of benzene rings is 8. The third kappa shape index (κ3) is 4.63. The molecule has 3 heteroatoms. The van der Waals surface area contributed by atoms with Crippen molar-refractivity contribution in [1.29, 1.82) is 0 Å². The van der Waals surface area contributed by atoms with Crippen molar-refractivity contribution >= 4 is 71.6 Å². The first-order valence-corrected chi connectivity index (χ1v) is 17.0. The number of pyridine rings is 1. The molecule has 234 valence electrons. The molecule has 0 N–H and O–H groups in total. The predicted octanol–water partition coefficient (Wildman–Crippen LogP) is 13.2. The van der Waals surface area contributed by atoms with Crippen LogP contribution in [0.15, 0.2) is 186 Å². The van der Waals surface area contributed by atoms with Crippen LogP contribution in [0, 0.1) is 0 Å². The Morgan fingerprint density at radius 3 is 1.98 bits per heavy atom. The molecule has 3 nitrogen and oxygen atoms in total. The van der Waals surface area contributed by atoms with Gasteiger partial charge in [-0.3, -0.25) is 0 Å². The Bertz CT molecular complexity index is 2880. The maximum atomic E-state index is 6.72. The Labute approximate surface area is 289 Å². The summed E-state index contributed by atoms with van der Waals surface area (Å²) < 4.78 is 6.72. The monoisotopic (exact) mass is 638 g/mol. The number of fused-ring (bicyclic) bond motifs is 6. The summed E-state index contributed by atoms with van der Waals surface area (Å²) in [4.78, 5) is 7.49. The van der Waals surface area contributed by atoms with Gasteiger partial charge in [-0.2, -0.15) is 0 Å². The van der Waals surface area contributed by atoms with E-state index in [0.717, 1.165) is 61.2 Å². The maximum absolute atomic E-state index is 6.72. The van der Waals surface area contributed by atoms with Crippen molar-refractivity contribution in [2.45, 2.75) is 0 Å². The minimum atomic E-state index is 0.763. The molecule has 0 fully saturated rings. The van der Waals surface area contributed by atoms with E-state index in [0.29, 0.717) is 0 Å². The van der Waals surface area contributed by atoms with E-state index in [4.69, 9.17) is 9.40 Å². The van der Waals surface area contributed by atoms with Gasteiger partial charge in [0.2, 0.25) is 0 Å². The SMILES string of the molecule is c1cc(-c2cccc3ccccc23)cc(N(c2ccc(-c3ccc4ccccc4c3)cc2)c2c3ccccc3nc3c2oc2ccccc23)c1. The number of furan rings is 1. The molecule has 0 unspecified atom stereocenters. The number of hydrogen-bond acceptors (Lipinski definition) is 3. The molecule has 0 radical (unpaired) electrons. The van der Waals surface area contributed by atoms with Crippen molar-refractivity contribution in [3.05, 3.63) is 182 Å². The number of aromatic nitrogens is 1. The van der Waals surface area contributed by atoms with Gasteiger partial charge in [0.05, 0.1) is 5.52 Å². The highest BCUT2D eigenvalue weighted by Crippen LogP contribution is 2.46.